The van der Waals surface area contributed by atoms with E-state index in [0.29, 0.717) is 0 Å². The van der Waals surface area contributed by atoms with Crippen LogP contribution in [0.4, 0.5) is 0 Å². The van der Waals surface area contributed by atoms with E-state index in [0.717, 1.165) is 0 Å². The Balaban J connectivity index is 1.66. The van der Waals surface area contributed by atoms with Gasteiger partial charge in [0, 0.05) is 0 Å². The summed E-state index contributed by atoms with van der Waals surface area (Å²) in [6, 6.07) is 42.9. The molecule has 0 atom stereocenters. The predicted octanol–water partition coefficient (Wildman–Crippen LogP) is 6.63. The molecule has 0 aromatic heterocycles. The molecule has 4 aromatic carbocycles. The Bertz CT molecular complexity index is 1170. The van der Waals surface area contributed by atoms with E-state index in [9.17, 15) is 0 Å². The van der Waals surface area contributed by atoms with E-state index in [-0.39, 0.29) is 6.86 Å². The molecule has 0 radical (unpaired) electrons. The molecular formula is C32H30Cl2Sn2. The molecule has 1 aliphatic rings. The third-order valence-electron chi connectivity index (χ3n) is 7.72. The summed E-state index contributed by atoms with van der Waals surface area (Å²) in [7, 11) is 15.9. The third kappa shape index (κ3) is 4.32. The molecule has 0 bridgehead atoms. The van der Waals surface area contributed by atoms with Gasteiger partial charge >= 0.3 is 233 Å². The van der Waals surface area contributed by atoms with E-state index in [1.165, 1.54) is 14.3 Å². The Morgan fingerprint density at radius 2 is 0.583 bits per heavy atom. The second kappa shape index (κ2) is 10.4. The normalized spacial score (nSPS) is 21.9. The molecule has 180 valence electrons. The van der Waals surface area contributed by atoms with Crippen LogP contribution in [0.1, 0.15) is 13.8 Å². The number of allylic oxidation sites excluding steroid dienone is 4. The van der Waals surface area contributed by atoms with Gasteiger partial charge < -0.3 is 0 Å². The van der Waals surface area contributed by atoms with Gasteiger partial charge in [0.1, 0.15) is 0 Å². The molecule has 0 N–H and O–H groups in total. The average Bonchev–Trinajstić information content (AvgIpc) is 2.95. The van der Waals surface area contributed by atoms with Crippen molar-refractivity contribution in [1.29, 1.82) is 0 Å². The van der Waals surface area contributed by atoms with Crippen LogP contribution in [0.5, 0.6) is 0 Å². The van der Waals surface area contributed by atoms with Gasteiger partial charge in [0.25, 0.3) is 0 Å². The number of hydrogen-bond acceptors (Lipinski definition) is 0. The number of rotatable bonds is 6. The van der Waals surface area contributed by atoms with Crippen LogP contribution in [-0.2, 0) is 0 Å². The summed E-state index contributed by atoms with van der Waals surface area (Å²) < 4.78 is 4.63. The molecule has 0 amide bonds. The van der Waals surface area contributed by atoms with Crippen LogP contribution >= 0.6 is 17.8 Å². The van der Waals surface area contributed by atoms with Crippen molar-refractivity contribution in [1.82, 2.24) is 0 Å². The first-order chi connectivity index (χ1) is 17.3. The number of hydrogen-bond donors (Lipinski definition) is 0. The van der Waals surface area contributed by atoms with E-state index < -0.39 is 34.5 Å². The molecule has 0 aliphatic heterocycles. The molecule has 0 unspecified atom stereocenters. The van der Waals surface area contributed by atoms with Crippen molar-refractivity contribution >= 4 is 66.7 Å². The summed E-state index contributed by atoms with van der Waals surface area (Å²) in [5.41, 5.74) is 0. The van der Waals surface area contributed by atoms with Gasteiger partial charge in [-0.1, -0.05) is 0 Å². The Labute approximate surface area is 230 Å². The molecule has 36 heavy (non-hydrogen) atoms. The van der Waals surface area contributed by atoms with Crippen LogP contribution in [0.3, 0.4) is 0 Å². The van der Waals surface area contributed by atoms with Crippen LogP contribution in [0.25, 0.3) is 0 Å². The standard InChI is InChI=1S/C8H10.4C6H5.2ClH.2Sn/c1-7-3-5-8(2)6-4-7;4*1-2-4-6-5-3-1;;;;/h3-6H,1-2H3;4*1-5H;2*1H;;/q;;;;;;;2*+1/p-2. The van der Waals surface area contributed by atoms with Crippen molar-refractivity contribution < 1.29 is 0 Å². The van der Waals surface area contributed by atoms with Gasteiger partial charge in [-0.3, -0.25) is 0 Å². The van der Waals surface area contributed by atoms with E-state index in [1.807, 2.05) is 0 Å². The SMILES string of the molecule is C[C]1([Sn]([Cl])([c]2ccccc2)[c]2ccccc2)C=C[C](C)([Sn]([Cl])([c]2ccccc2)[c]2ccccc2)C=C1. The summed E-state index contributed by atoms with van der Waals surface area (Å²) in [5, 5.41) is 0. The van der Waals surface area contributed by atoms with Gasteiger partial charge in [-0.2, -0.15) is 0 Å². The van der Waals surface area contributed by atoms with E-state index >= 15 is 0 Å². The summed E-state index contributed by atoms with van der Waals surface area (Å²) in [4.78, 5) is 0. The molecular weight excluding hydrogens is 693 g/mol. The number of benzene rings is 4. The van der Waals surface area contributed by atoms with Crippen LogP contribution in [0.15, 0.2) is 146 Å². The van der Waals surface area contributed by atoms with Crippen molar-refractivity contribution in [3.63, 3.8) is 0 Å². The molecule has 4 aromatic rings. The second-order valence-electron chi connectivity index (χ2n) is 10.0. The van der Waals surface area contributed by atoms with Gasteiger partial charge in [0.05, 0.1) is 0 Å². The Morgan fingerprint density at radius 3 is 0.778 bits per heavy atom. The topological polar surface area (TPSA) is 0 Å². The van der Waals surface area contributed by atoms with Gasteiger partial charge in [-0.25, -0.2) is 0 Å². The first-order valence-electron chi connectivity index (χ1n) is 12.3. The molecule has 0 saturated heterocycles. The van der Waals surface area contributed by atoms with Gasteiger partial charge in [-0.05, 0) is 0 Å². The summed E-state index contributed by atoms with van der Waals surface area (Å²) in [6.07, 6.45) is 9.60. The maximum absolute atomic E-state index is 7.94. The quantitative estimate of drug-likeness (QED) is 0.155. The fraction of sp³-hybridized carbons (Fsp3) is 0.125. The number of halogens is 2. The first kappa shape index (κ1) is 26.2. The van der Waals surface area contributed by atoms with Gasteiger partial charge in [-0.15, -0.1) is 0 Å². The van der Waals surface area contributed by atoms with Crippen molar-refractivity contribution in [2.45, 2.75) is 20.7 Å². The van der Waals surface area contributed by atoms with E-state index in [2.05, 4.69) is 159 Å². The Morgan fingerprint density at radius 1 is 0.389 bits per heavy atom. The van der Waals surface area contributed by atoms with Crippen molar-refractivity contribution in [3.05, 3.63) is 146 Å². The minimum atomic E-state index is -3.73. The monoisotopic (exact) mass is 724 g/mol. The Hall–Kier alpha value is -1.46. The molecule has 0 fully saturated rings. The van der Waals surface area contributed by atoms with Gasteiger partial charge in [0.15, 0.2) is 0 Å². The fourth-order valence-electron chi connectivity index (χ4n) is 5.51. The van der Waals surface area contributed by atoms with Crippen molar-refractivity contribution in [3.8, 4) is 0 Å². The zero-order chi connectivity index (χ0) is 25.3. The third-order valence-corrected chi connectivity index (χ3v) is 42.3. The zero-order valence-electron chi connectivity index (χ0n) is 20.6. The van der Waals surface area contributed by atoms with E-state index in [4.69, 9.17) is 17.8 Å². The summed E-state index contributed by atoms with van der Waals surface area (Å²) >= 11 is -7.46. The van der Waals surface area contributed by atoms with Crippen molar-refractivity contribution in [2.24, 2.45) is 0 Å². The second-order valence-corrected chi connectivity index (χ2v) is 37.9. The maximum atomic E-state index is 7.94. The average molecular weight is 723 g/mol. The van der Waals surface area contributed by atoms with Crippen LogP contribution < -0.4 is 14.3 Å². The molecule has 0 saturated carbocycles. The van der Waals surface area contributed by atoms with Crippen molar-refractivity contribution in [2.75, 3.05) is 0 Å². The van der Waals surface area contributed by atoms with Crippen LogP contribution in [0.2, 0.25) is 6.86 Å². The first-order valence-corrected chi connectivity index (χ1v) is 28.1. The Kier molecular flexibility index (Phi) is 7.53. The van der Waals surface area contributed by atoms with E-state index in [1.54, 1.807) is 0 Å². The molecule has 5 rings (SSSR count). The molecule has 0 nitrogen and oxygen atoms in total. The van der Waals surface area contributed by atoms with Gasteiger partial charge in [0.2, 0.25) is 0 Å². The predicted molar refractivity (Wildman–Crippen MR) is 163 cm³/mol. The molecule has 1 aliphatic carbocycles. The van der Waals surface area contributed by atoms with Crippen LogP contribution in [0, 0.1) is 0 Å². The summed E-state index contributed by atoms with van der Waals surface area (Å²) in [6.45, 7) is 4.64. The summed E-state index contributed by atoms with van der Waals surface area (Å²) in [5.74, 6) is 0. The minimum absolute atomic E-state index is 0.254. The molecule has 4 heteroatoms. The molecule has 0 heterocycles. The molecule has 0 spiro atoms. The fourth-order valence-corrected chi connectivity index (χ4v) is 30.6. The zero-order valence-corrected chi connectivity index (χ0v) is 27.8. The van der Waals surface area contributed by atoms with Crippen LogP contribution in [-0.4, -0.2) is 34.5 Å².